The summed E-state index contributed by atoms with van der Waals surface area (Å²) in [5, 5.41) is 3.07. The molecule has 1 rings (SSSR count). The smallest absolute Gasteiger partial charge is 0.251 e. The number of amides is 1. The zero-order valence-electron chi connectivity index (χ0n) is 7.73. The van der Waals surface area contributed by atoms with E-state index in [0.29, 0.717) is 16.3 Å². The lowest BCUT2D eigenvalue weighted by molar-refractivity contribution is 0.0962. The SMILES string of the molecule is CNC(=O)c1cc(I)c(Cl)c(OC)c1. The number of carbonyl (C=O) groups is 1. The van der Waals surface area contributed by atoms with E-state index in [1.165, 1.54) is 7.11 Å². The van der Waals surface area contributed by atoms with Crippen LogP contribution in [0.2, 0.25) is 5.02 Å². The average molecular weight is 326 g/mol. The molecule has 0 aliphatic heterocycles. The van der Waals surface area contributed by atoms with Gasteiger partial charge in [-0.25, -0.2) is 0 Å². The number of rotatable bonds is 2. The van der Waals surface area contributed by atoms with Gasteiger partial charge in [-0.05, 0) is 34.7 Å². The van der Waals surface area contributed by atoms with Gasteiger partial charge in [-0.15, -0.1) is 0 Å². The average Bonchev–Trinajstić information content (AvgIpc) is 2.20. The van der Waals surface area contributed by atoms with E-state index < -0.39 is 0 Å². The molecule has 0 aliphatic rings. The molecule has 14 heavy (non-hydrogen) atoms. The summed E-state index contributed by atoms with van der Waals surface area (Å²) in [4.78, 5) is 11.3. The van der Waals surface area contributed by atoms with Crippen molar-refractivity contribution in [2.75, 3.05) is 14.2 Å². The summed E-state index contributed by atoms with van der Waals surface area (Å²) in [5.41, 5.74) is 0.540. The topological polar surface area (TPSA) is 38.3 Å². The predicted molar refractivity (Wildman–Crippen MR) is 64.1 cm³/mol. The van der Waals surface area contributed by atoms with Crippen LogP contribution in [0.25, 0.3) is 0 Å². The summed E-state index contributed by atoms with van der Waals surface area (Å²) < 4.78 is 5.84. The molecule has 0 saturated carbocycles. The van der Waals surface area contributed by atoms with Crippen LogP contribution in [-0.2, 0) is 0 Å². The lowest BCUT2D eigenvalue weighted by Gasteiger charge is -2.07. The minimum atomic E-state index is -0.155. The molecule has 3 nitrogen and oxygen atoms in total. The first-order valence-corrected chi connectivity index (χ1v) is 5.31. The Labute approximate surface area is 101 Å². The third-order valence-corrected chi connectivity index (χ3v) is 3.26. The Kier molecular flexibility index (Phi) is 4.00. The maximum absolute atomic E-state index is 11.3. The standard InChI is InChI=1S/C9H9ClINO2/c1-12-9(13)5-3-6(11)8(10)7(4-5)14-2/h3-4H,1-2H3,(H,12,13). The van der Waals surface area contributed by atoms with Gasteiger partial charge in [-0.2, -0.15) is 0 Å². The monoisotopic (exact) mass is 325 g/mol. The Hall–Kier alpha value is -0.490. The lowest BCUT2D eigenvalue weighted by Crippen LogP contribution is -2.18. The van der Waals surface area contributed by atoms with Gasteiger partial charge < -0.3 is 10.1 Å². The van der Waals surface area contributed by atoms with Crippen molar-refractivity contribution in [1.29, 1.82) is 0 Å². The summed E-state index contributed by atoms with van der Waals surface area (Å²) >= 11 is 8.01. The van der Waals surface area contributed by atoms with Gasteiger partial charge in [-0.1, -0.05) is 11.6 Å². The molecule has 0 bridgehead atoms. The molecule has 5 heteroatoms. The summed E-state index contributed by atoms with van der Waals surface area (Å²) in [6, 6.07) is 3.33. The van der Waals surface area contributed by atoms with Crippen LogP contribution in [0, 0.1) is 3.57 Å². The lowest BCUT2D eigenvalue weighted by atomic mass is 10.2. The zero-order chi connectivity index (χ0) is 10.7. The van der Waals surface area contributed by atoms with Crippen molar-refractivity contribution in [2.24, 2.45) is 0 Å². The van der Waals surface area contributed by atoms with Crippen molar-refractivity contribution in [3.63, 3.8) is 0 Å². The third kappa shape index (κ3) is 2.30. The van der Waals surface area contributed by atoms with E-state index in [-0.39, 0.29) is 5.91 Å². The molecule has 0 aromatic heterocycles. The fraction of sp³-hybridized carbons (Fsp3) is 0.222. The van der Waals surface area contributed by atoms with E-state index in [9.17, 15) is 4.79 Å². The molecule has 1 aromatic carbocycles. The number of carbonyl (C=O) groups excluding carboxylic acids is 1. The van der Waals surface area contributed by atoms with E-state index in [4.69, 9.17) is 16.3 Å². The van der Waals surface area contributed by atoms with Gasteiger partial charge in [0.2, 0.25) is 0 Å². The summed E-state index contributed by atoms with van der Waals surface area (Å²) in [5.74, 6) is 0.357. The fourth-order valence-electron chi connectivity index (χ4n) is 0.988. The van der Waals surface area contributed by atoms with E-state index in [2.05, 4.69) is 27.9 Å². The van der Waals surface area contributed by atoms with Gasteiger partial charge in [0.05, 0.1) is 12.1 Å². The molecule has 0 radical (unpaired) electrons. The number of hydrogen-bond acceptors (Lipinski definition) is 2. The molecule has 0 aliphatic carbocycles. The zero-order valence-corrected chi connectivity index (χ0v) is 10.6. The highest BCUT2D eigenvalue weighted by Crippen LogP contribution is 2.30. The van der Waals surface area contributed by atoms with Gasteiger partial charge in [-0.3, -0.25) is 4.79 Å². The highest BCUT2D eigenvalue weighted by atomic mass is 127. The normalized spacial score (nSPS) is 9.71. The van der Waals surface area contributed by atoms with Gasteiger partial charge in [0, 0.05) is 16.2 Å². The van der Waals surface area contributed by atoms with Crippen molar-refractivity contribution in [3.8, 4) is 5.75 Å². The van der Waals surface area contributed by atoms with Crippen LogP contribution < -0.4 is 10.1 Å². The molecule has 0 unspecified atom stereocenters. The van der Waals surface area contributed by atoms with Crippen LogP contribution in [0.3, 0.4) is 0 Å². The van der Waals surface area contributed by atoms with Crippen molar-refractivity contribution in [2.45, 2.75) is 0 Å². The largest absolute Gasteiger partial charge is 0.495 e. The molecular weight excluding hydrogens is 316 g/mol. The molecule has 0 atom stereocenters. The minimum Gasteiger partial charge on any atom is -0.495 e. The fourth-order valence-corrected chi connectivity index (χ4v) is 1.78. The molecule has 0 heterocycles. The second-order valence-corrected chi connectivity index (χ2v) is 4.09. The molecule has 1 N–H and O–H groups in total. The second kappa shape index (κ2) is 4.84. The van der Waals surface area contributed by atoms with Crippen LogP contribution in [0.5, 0.6) is 5.75 Å². The molecule has 0 fully saturated rings. The van der Waals surface area contributed by atoms with E-state index >= 15 is 0 Å². The van der Waals surface area contributed by atoms with Crippen LogP contribution in [0.15, 0.2) is 12.1 Å². The molecular formula is C9H9ClINO2. The van der Waals surface area contributed by atoms with Gasteiger partial charge in [0.15, 0.2) is 0 Å². The predicted octanol–water partition coefficient (Wildman–Crippen LogP) is 2.31. The number of benzene rings is 1. The number of halogens is 2. The van der Waals surface area contributed by atoms with Crippen molar-refractivity contribution < 1.29 is 9.53 Å². The molecule has 76 valence electrons. The molecule has 1 aromatic rings. The van der Waals surface area contributed by atoms with Gasteiger partial charge in [0.25, 0.3) is 5.91 Å². The van der Waals surface area contributed by atoms with Gasteiger partial charge >= 0.3 is 0 Å². The molecule has 0 saturated heterocycles. The van der Waals surface area contributed by atoms with E-state index in [1.54, 1.807) is 19.2 Å². The van der Waals surface area contributed by atoms with Crippen molar-refractivity contribution in [3.05, 3.63) is 26.3 Å². The maximum Gasteiger partial charge on any atom is 0.251 e. The van der Waals surface area contributed by atoms with Crippen LogP contribution in [0.1, 0.15) is 10.4 Å². The highest BCUT2D eigenvalue weighted by molar-refractivity contribution is 14.1. The summed E-state index contributed by atoms with van der Waals surface area (Å²) in [7, 11) is 3.10. The quantitative estimate of drug-likeness (QED) is 0.848. The first kappa shape index (κ1) is 11.6. The van der Waals surface area contributed by atoms with Gasteiger partial charge in [0.1, 0.15) is 5.75 Å². The number of hydrogen-bond donors (Lipinski definition) is 1. The van der Waals surface area contributed by atoms with Crippen LogP contribution >= 0.6 is 34.2 Å². The third-order valence-electron chi connectivity index (χ3n) is 1.70. The number of ether oxygens (including phenoxy) is 1. The summed E-state index contributed by atoms with van der Waals surface area (Å²) in [6.45, 7) is 0. The van der Waals surface area contributed by atoms with Crippen LogP contribution in [-0.4, -0.2) is 20.1 Å². The molecule has 0 spiro atoms. The molecule has 1 amide bonds. The second-order valence-electron chi connectivity index (χ2n) is 2.55. The van der Waals surface area contributed by atoms with E-state index in [1.807, 2.05) is 0 Å². The minimum absolute atomic E-state index is 0.155. The number of methoxy groups -OCH3 is 1. The van der Waals surface area contributed by atoms with Crippen molar-refractivity contribution >= 4 is 40.1 Å². The van der Waals surface area contributed by atoms with Crippen LogP contribution in [0.4, 0.5) is 0 Å². The maximum atomic E-state index is 11.3. The summed E-state index contributed by atoms with van der Waals surface area (Å²) in [6.07, 6.45) is 0. The Bertz CT molecular complexity index is 368. The first-order valence-electron chi connectivity index (χ1n) is 3.85. The Morgan fingerprint density at radius 1 is 1.57 bits per heavy atom. The highest BCUT2D eigenvalue weighted by Gasteiger charge is 2.11. The Morgan fingerprint density at radius 3 is 2.71 bits per heavy atom. The van der Waals surface area contributed by atoms with E-state index in [0.717, 1.165) is 3.57 Å². The Morgan fingerprint density at radius 2 is 2.21 bits per heavy atom. The Balaban J connectivity index is 3.22. The first-order chi connectivity index (χ1) is 6.60. The number of nitrogens with one attached hydrogen (secondary N) is 1. The van der Waals surface area contributed by atoms with Crippen molar-refractivity contribution in [1.82, 2.24) is 5.32 Å².